The van der Waals surface area contributed by atoms with Gasteiger partial charge < -0.3 is 20.2 Å². The molecular weight excluding hydrogens is 288 g/mol. The lowest BCUT2D eigenvalue weighted by atomic mass is 10.1. The van der Waals surface area contributed by atoms with Crippen molar-refractivity contribution in [2.75, 3.05) is 32.2 Å². The zero-order valence-electron chi connectivity index (χ0n) is 12.2. The average Bonchev–Trinajstić information content (AvgIpc) is 2.91. The zero-order valence-corrected chi connectivity index (χ0v) is 12.2. The minimum atomic E-state index is -0.543. The van der Waals surface area contributed by atoms with Crippen molar-refractivity contribution in [2.45, 2.75) is 24.7 Å². The van der Waals surface area contributed by atoms with Crippen molar-refractivity contribution in [3.63, 3.8) is 0 Å². The Morgan fingerprint density at radius 3 is 2.91 bits per heavy atom. The first kappa shape index (κ1) is 13.6. The van der Waals surface area contributed by atoms with E-state index in [1.165, 1.54) is 16.9 Å². The lowest BCUT2D eigenvalue weighted by molar-refractivity contribution is 0.0311. The molecule has 3 atom stereocenters. The number of carbonyl (C=O) groups excluding carboxylic acids is 1. The summed E-state index contributed by atoms with van der Waals surface area (Å²) in [6.45, 7) is 2.13. The smallest absolute Gasteiger partial charge is 0.278 e. The summed E-state index contributed by atoms with van der Waals surface area (Å²) < 4.78 is 6.88. The number of hydrogen-bond donors (Lipinski definition) is 2. The highest BCUT2D eigenvalue weighted by molar-refractivity contribution is 5.96. The Morgan fingerprint density at radius 1 is 1.32 bits per heavy atom. The molecule has 3 aliphatic rings. The number of aromatic hydroxyl groups is 1. The molecule has 4 rings (SSSR count). The number of nitrogens with zero attached hydrogens (tertiary/aromatic N) is 3. The summed E-state index contributed by atoms with van der Waals surface area (Å²) in [7, 11) is 1.71. The normalized spacial score (nSPS) is 30.5. The summed E-state index contributed by atoms with van der Waals surface area (Å²) >= 11 is 0. The molecule has 3 aliphatic heterocycles. The number of carbonyl (C=O) groups is 1. The van der Waals surface area contributed by atoms with Crippen molar-refractivity contribution in [1.29, 1.82) is 0 Å². The molecule has 4 heterocycles. The molecule has 2 N–H and O–H groups in total. The monoisotopic (exact) mass is 306 g/mol. The summed E-state index contributed by atoms with van der Waals surface area (Å²) in [6, 6.07) is 1.51. The van der Waals surface area contributed by atoms with Crippen LogP contribution in [0.5, 0.6) is 5.75 Å². The minimum absolute atomic E-state index is 0.0125. The third-order valence-electron chi connectivity index (χ3n) is 4.84. The van der Waals surface area contributed by atoms with Gasteiger partial charge in [-0.2, -0.15) is 0 Å². The molecule has 0 saturated carbocycles. The fourth-order valence-corrected chi connectivity index (χ4v) is 3.67. The van der Waals surface area contributed by atoms with Gasteiger partial charge in [0.2, 0.25) is 5.43 Å². The lowest BCUT2D eigenvalue weighted by Gasteiger charge is -2.46. The molecule has 8 heteroatoms. The van der Waals surface area contributed by atoms with Crippen LogP contribution in [-0.4, -0.2) is 70.5 Å². The molecule has 1 aromatic heterocycles. The molecule has 1 amide bonds. The third kappa shape index (κ3) is 1.84. The second kappa shape index (κ2) is 4.72. The van der Waals surface area contributed by atoms with E-state index in [4.69, 9.17) is 4.74 Å². The number of hydrogen-bond acceptors (Lipinski definition) is 6. The number of methoxy groups -OCH3 is 1. The van der Waals surface area contributed by atoms with Gasteiger partial charge >= 0.3 is 0 Å². The Kier molecular flexibility index (Phi) is 2.92. The van der Waals surface area contributed by atoms with Crippen molar-refractivity contribution in [3.8, 4) is 5.75 Å². The molecule has 2 fully saturated rings. The van der Waals surface area contributed by atoms with Gasteiger partial charge in [0.1, 0.15) is 6.17 Å². The SMILES string of the molecule is COC1CC2CN3C(=O)c4c(O)c(=O)ccn4N[C@@H]3CN2C1. The van der Waals surface area contributed by atoms with Crippen LogP contribution in [0.3, 0.4) is 0 Å². The van der Waals surface area contributed by atoms with Crippen LogP contribution in [0, 0.1) is 0 Å². The second-order valence-electron chi connectivity index (χ2n) is 6.05. The number of nitrogens with one attached hydrogen (secondary N) is 1. The van der Waals surface area contributed by atoms with Crippen LogP contribution in [0.1, 0.15) is 16.9 Å². The molecule has 1 aromatic rings. The Labute approximate surface area is 126 Å². The standard InChI is InChI=1S/C14H18N4O4/c1-22-9-4-8-5-17-11(7-16(8)6-9)15-18-3-2-10(19)13(20)12(18)14(17)21/h2-3,8-9,11,15,20H,4-7H2,1H3/t8?,9?,11-/m0/s1. The summed E-state index contributed by atoms with van der Waals surface area (Å²) in [6.07, 6.45) is 2.40. The first-order chi connectivity index (χ1) is 10.6. The van der Waals surface area contributed by atoms with Gasteiger partial charge in [0, 0.05) is 45.0 Å². The van der Waals surface area contributed by atoms with E-state index in [9.17, 15) is 14.7 Å². The second-order valence-corrected chi connectivity index (χ2v) is 6.05. The fraction of sp³-hybridized carbons (Fsp3) is 0.571. The lowest BCUT2D eigenvalue weighted by Crippen LogP contribution is -2.64. The Bertz CT molecular complexity index is 688. The summed E-state index contributed by atoms with van der Waals surface area (Å²) in [5, 5.41) is 9.92. The van der Waals surface area contributed by atoms with Gasteiger partial charge in [0.05, 0.1) is 6.10 Å². The highest BCUT2D eigenvalue weighted by Crippen LogP contribution is 2.29. The maximum absolute atomic E-state index is 12.7. The van der Waals surface area contributed by atoms with Crippen molar-refractivity contribution in [3.05, 3.63) is 28.2 Å². The van der Waals surface area contributed by atoms with Gasteiger partial charge in [-0.25, -0.2) is 0 Å². The van der Waals surface area contributed by atoms with Crippen molar-refractivity contribution in [1.82, 2.24) is 14.5 Å². The number of fused-ring (bicyclic) bond motifs is 3. The van der Waals surface area contributed by atoms with Gasteiger partial charge in [-0.15, -0.1) is 0 Å². The maximum atomic E-state index is 12.7. The predicted molar refractivity (Wildman–Crippen MR) is 77.3 cm³/mol. The van der Waals surface area contributed by atoms with Gasteiger partial charge in [-0.05, 0) is 6.42 Å². The summed E-state index contributed by atoms with van der Waals surface area (Å²) in [5.74, 6) is -0.804. The van der Waals surface area contributed by atoms with E-state index in [0.29, 0.717) is 13.1 Å². The highest BCUT2D eigenvalue weighted by Gasteiger charge is 2.45. The number of ether oxygens (including phenoxy) is 1. The highest BCUT2D eigenvalue weighted by atomic mass is 16.5. The molecule has 22 heavy (non-hydrogen) atoms. The average molecular weight is 306 g/mol. The molecule has 0 aromatic carbocycles. The fourth-order valence-electron chi connectivity index (χ4n) is 3.67. The van der Waals surface area contributed by atoms with E-state index in [1.54, 1.807) is 12.0 Å². The zero-order chi connectivity index (χ0) is 15.4. The van der Waals surface area contributed by atoms with E-state index < -0.39 is 11.2 Å². The van der Waals surface area contributed by atoms with Gasteiger partial charge in [-0.3, -0.25) is 19.2 Å². The summed E-state index contributed by atoms with van der Waals surface area (Å²) in [4.78, 5) is 28.3. The number of pyridine rings is 1. The predicted octanol–water partition coefficient (Wildman–Crippen LogP) is -1.02. The largest absolute Gasteiger partial charge is 0.502 e. The molecule has 118 valence electrons. The van der Waals surface area contributed by atoms with Crippen LogP contribution >= 0.6 is 0 Å². The van der Waals surface area contributed by atoms with E-state index in [-0.39, 0.29) is 29.9 Å². The molecule has 0 bridgehead atoms. The molecule has 8 nitrogen and oxygen atoms in total. The first-order valence-corrected chi connectivity index (χ1v) is 7.37. The Balaban J connectivity index is 1.67. The van der Waals surface area contributed by atoms with Crippen LogP contribution in [0.25, 0.3) is 0 Å². The van der Waals surface area contributed by atoms with E-state index in [2.05, 4.69) is 10.3 Å². The van der Waals surface area contributed by atoms with E-state index in [0.717, 1.165) is 13.0 Å². The number of aromatic nitrogens is 1. The topological polar surface area (TPSA) is 87.0 Å². The van der Waals surface area contributed by atoms with Gasteiger partial charge in [0.25, 0.3) is 5.91 Å². The molecule has 0 aliphatic carbocycles. The van der Waals surface area contributed by atoms with Gasteiger partial charge in [0.15, 0.2) is 11.4 Å². The number of rotatable bonds is 1. The van der Waals surface area contributed by atoms with Crippen molar-refractivity contribution in [2.24, 2.45) is 0 Å². The van der Waals surface area contributed by atoms with E-state index >= 15 is 0 Å². The van der Waals surface area contributed by atoms with Crippen LogP contribution in [0.2, 0.25) is 0 Å². The Morgan fingerprint density at radius 2 is 2.14 bits per heavy atom. The number of amides is 1. The van der Waals surface area contributed by atoms with E-state index in [1.807, 2.05) is 0 Å². The minimum Gasteiger partial charge on any atom is -0.502 e. The Hall–Kier alpha value is -2.06. The van der Waals surface area contributed by atoms with Crippen LogP contribution < -0.4 is 10.9 Å². The summed E-state index contributed by atoms with van der Waals surface area (Å²) in [5.41, 5.74) is 2.65. The third-order valence-corrected chi connectivity index (χ3v) is 4.84. The van der Waals surface area contributed by atoms with Crippen LogP contribution in [0.4, 0.5) is 0 Å². The first-order valence-electron chi connectivity index (χ1n) is 7.37. The maximum Gasteiger partial charge on any atom is 0.278 e. The molecule has 0 radical (unpaired) electrons. The van der Waals surface area contributed by atoms with Crippen LogP contribution in [-0.2, 0) is 4.74 Å². The number of piperazine rings is 1. The van der Waals surface area contributed by atoms with Crippen molar-refractivity contribution >= 4 is 5.91 Å². The van der Waals surface area contributed by atoms with Crippen LogP contribution in [0.15, 0.2) is 17.1 Å². The van der Waals surface area contributed by atoms with Gasteiger partial charge in [-0.1, -0.05) is 0 Å². The molecule has 2 saturated heterocycles. The molecular formula is C14H18N4O4. The van der Waals surface area contributed by atoms with Crippen molar-refractivity contribution < 1.29 is 14.6 Å². The molecule has 0 spiro atoms. The quantitative estimate of drug-likeness (QED) is 0.691. The molecule has 2 unspecified atom stereocenters.